The second-order valence-corrected chi connectivity index (χ2v) is 4.46. The molecule has 0 aromatic heterocycles. The van der Waals surface area contributed by atoms with Crippen molar-refractivity contribution in [3.05, 3.63) is 0 Å². The van der Waals surface area contributed by atoms with Crippen LogP contribution < -0.4 is 5.32 Å². The first-order valence-electron chi connectivity index (χ1n) is 6.06. The number of amides is 1. The molecular formula is C12H21N3O2. The molecule has 1 heterocycles. The van der Waals surface area contributed by atoms with E-state index in [1.54, 1.807) is 12.0 Å². The Morgan fingerprint density at radius 3 is 2.88 bits per heavy atom. The molecule has 1 N–H and O–H groups in total. The quantitative estimate of drug-likeness (QED) is 0.753. The number of hydrogen-bond donors (Lipinski definition) is 1. The fourth-order valence-electron chi connectivity index (χ4n) is 2.04. The van der Waals surface area contributed by atoms with Crippen LogP contribution in [0.4, 0.5) is 0 Å². The van der Waals surface area contributed by atoms with Crippen molar-refractivity contribution in [2.24, 2.45) is 5.92 Å². The van der Waals surface area contributed by atoms with Crippen LogP contribution in [-0.4, -0.2) is 49.7 Å². The third kappa shape index (κ3) is 3.69. The minimum Gasteiger partial charge on any atom is -0.380 e. The SMILES string of the molecule is CCN(CC(C)C#N)C(=O)C1CC(OC)CN1. The fourth-order valence-corrected chi connectivity index (χ4v) is 2.04. The van der Waals surface area contributed by atoms with Gasteiger partial charge in [-0.15, -0.1) is 0 Å². The maximum Gasteiger partial charge on any atom is 0.239 e. The Kier molecular flexibility index (Phi) is 5.39. The highest BCUT2D eigenvalue weighted by Gasteiger charge is 2.32. The van der Waals surface area contributed by atoms with Gasteiger partial charge < -0.3 is 15.0 Å². The molecule has 0 bridgehead atoms. The summed E-state index contributed by atoms with van der Waals surface area (Å²) in [6.45, 7) is 5.63. The average molecular weight is 239 g/mol. The Bertz CT molecular complexity index is 301. The standard InChI is InChI=1S/C12H21N3O2/c1-4-15(8-9(2)6-13)12(16)11-5-10(17-3)7-14-11/h9-11,14H,4-5,7-8H2,1-3H3. The van der Waals surface area contributed by atoms with Gasteiger partial charge in [0.15, 0.2) is 0 Å². The summed E-state index contributed by atoms with van der Waals surface area (Å²) in [5.74, 6) is -0.0484. The highest BCUT2D eigenvalue weighted by Crippen LogP contribution is 2.13. The van der Waals surface area contributed by atoms with Gasteiger partial charge in [-0.3, -0.25) is 4.79 Å². The van der Waals surface area contributed by atoms with Gasteiger partial charge in [-0.05, 0) is 20.3 Å². The summed E-state index contributed by atoms with van der Waals surface area (Å²) < 4.78 is 5.22. The van der Waals surface area contributed by atoms with Crippen molar-refractivity contribution in [2.75, 3.05) is 26.7 Å². The van der Waals surface area contributed by atoms with E-state index in [9.17, 15) is 4.79 Å². The topological polar surface area (TPSA) is 65.4 Å². The molecule has 0 spiro atoms. The number of ether oxygens (including phenoxy) is 1. The number of nitrogens with one attached hydrogen (secondary N) is 1. The van der Waals surface area contributed by atoms with Gasteiger partial charge in [-0.2, -0.15) is 5.26 Å². The fraction of sp³-hybridized carbons (Fsp3) is 0.833. The van der Waals surface area contributed by atoms with Crippen molar-refractivity contribution in [1.29, 1.82) is 5.26 Å². The first-order valence-corrected chi connectivity index (χ1v) is 6.06. The molecular weight excluding hydrogens is 218 g/mol. The molecule has 1 saturated heterocycles. The molecule has 0 saturated carbocycles. The molecule has 3 atom stereocenters. The van der Waals surface area contributed by atoms with E-state index in [1.807, 2.05) is 13.8 Å². The predicted molar refractivity (Wildman–Crippen MR) is 64.2 cm³/mol. The summed E-state index contributed by atoms with van der Waals surface area (Å²) in [6.07, 6.45) is 0.836. The number of carbonyl (C=O) groups is 1. The van der Waals surface area contributed by atoms with Gasteiger partial charge >= 0.3 is 0 Å². The molecule has 96 valence electrons. The van der Waals surface area contributed by atoms with E-state index in [0.29, 0.717) is 19.5 Å². The van der Waals surface area contributed by atoms with Crippen LogP contribution in [0.2, 0.25) is 0 Å². The Balaban J connectivity index is 2.52. The molecule has 0 aromatic carbocycles. The minimum atomic E-state index is -0.161. The number of likely N-dealkylation sites (N-methyl/N-ethyl adjacent to an activating group) is 1. The number of rotatable bonds is 5. The molecule has 5 heteroatoms. The molecule has 0 radical (unpaired) electrons. The third-order valence-corrected chi connectivity index (χ3v) is 3.13. The number of methoxy groups -OCH3 is 1. The lowest BCUT2D eigenvalue weighted by molar-refractivity contribution is -0.133. The molecule has 1 fully saturated rings. The Labute approximate surface area is 103 Å². The molecule has 0 aliphatic carbocycles. The van der Waals surface area contributed by atoms with Gasteiger partial charge in [0, 0.05) is 26.7 Å². The molecule has 1 aliphatic rings. The predicted octanol–water partition coefficient (Wildman–Crippen LogP) is 0.371. The first-order chi connectivity index (χ1) is 8.12. The van der Waals surface area contributed by atoms with Crippen LogP contribution in [0.25, 0.3) is 0 Å². The molecule has 3 unspecified atom stereocenters. The molecule has 0 aromatic rings. The number of nitriles is 1. The number of hydrogen-bond acceptors (Lipinski definition) is 4. The number of carbonyl (C=O) groups excluding carboxylic acids is 1. The Morgan fingerprint density at radius 2 is 2.41 bits per heavy atom. The maximum atomic E-state index is 12.2. The number of nitrogens with zero attached hydrogens (tertiary/aromatic N) is 2. The summed E-state index contributed by atoms with van der Waals surface area (Å²) in [5, 5.41) is 11.9. The second kappa shape index (κ2) is 6.58. The van der Waals surface area contributed by atoms with Crippen molar-refractivity contribution in [3.63, 3.8) is 0 Å². The maximum absolute atomic E-state index is 12.2. The van der Waals surface area contributed by atoms with E-state index in [1.165, 1.54) is 0 Å². The van der Waals surface area contributed by atoms with Crippen molar-refractivity contribution in [1.82, 2.24) is 10.2 Å². The summed E-state index contributed by atoms with van der Waals surface area (Å²) in [5.41, 5.74) is 0. The summed E-state index contributed by atoms with van der Waals surface area (Å²) in [6, 6.07) is 1.99. The van der Waals surface area contributed by atoms with E-state index < -0.39 is 0 Å². The summed E-state index contributed by atoms with van der Waals surface area (Å²) in [4.78, 5) is 13.9. The van der Waals surface area contributed by atoms with E-state index in [4.69, 9.17) is 10.00 Å². The molecule has 17 heavy (non-hydrogen) atoms. The third-order valence-electron chi connectivity index (χ3n) is 3.13. The zero-order valence-corrected chi connectivity index (χ0v) is 10.8. The lowest BCUT2D eigenvalue weighted by atomic mass is 10.1. The van der Waals surface area contributed by atoms with Crippen LogP contribution in [-0.2, 0) is 9.53 Å². The van der Waals surface area contributed by atoms with Gasteiger partial charge in [0.25, 0.3) is 0 Å². The molecule has 5 nitrogen and oxygen atoms in total. The van der Waals surface area contributed by atoms with E-state index >= 15 is 0 Å². The van der Waals surface area contributed by atoms with Crippen LogP contribution in [0.15, 0.2) is 0 Å². The van der Waals surface area contributed by atoms with E-state index in [2.05, 4.69) is 11.4 Å². The van der Waals surface area contributed by atoms with Crippen LogP contribution in [0, 0.1) is 17.2 Å². The normalized spacial score (nSPS) is 25.3. The van der Waals surface area contributed by atoms with Gasteiger partial charge in [0.1, 0.15) is 0 Å². The van der Waals surface area contributed by atoms with Crippen LogP contribution in [0.1, 0.15) is 20.3 Å². The van der Waals surface area contributed by atoms with Gasteiger partial charge in [0.05, 0.1) is 24.1 Å². The van der Waals surface area contributed by atoms with Gasteiger partial charge in [-0.25, -0.2) is 0 Å². The van der Waals surface area contributed by atoms with E-state index in [0.717, 1.165) is 6.54 Å². The van der Waals surface area contributed by atoms with Gasteiger partial charge in [0.2, 0.25) is 5.91 Å². The largest absolute Gasteiger partial charge is 0.380 e. The zero-order valence-electron chi connectivity index (χ0n) is 10.8. The Hall–Kier alpha value is -1.12. The van der Waals surface area contributed by atoms with Crippen LogP contribution in [0.3, 0.4) is 0 Å². The van der Waals surface area contributed by atoms with Crippen molar-refractivity contribution < 1.29 is 9.53 Å². The van der Waals surface area contributed by atoms with Crippen molar-refractivity contribution in [3.8, 4) is 6.07 Å². The summed E-state index contributed by atoms with van der Waals surface area (Å²) in [7, 11) is 1.66. The first kappa shape index (κ1) is 13.9. The minimum absolute atomic E-state index is 0.0779. The monoisotopic (exact) mass is 239 g/mol. The Morgan fingerprint density at radius 1 is 1.71 bits per heavy atom. The molecule has 1 aliphatic heterocycles. The smallest absolute Gasteiger partial charge is 0.239 e. The second-order valence-electron chi connectivity index (χ2n) is 4.46. The van der Waals surface area contributed by atoms with Gasteiger partial charge in [-0.1, -0.05) is 0 Å². The van der Waals surface area contributed by atoms with Crippen molar-refractivity contribution in [2.45, 2.75) is 32.4 Å². The van der Waals surface area contributed by atoms with Crippen LogP contribution >= 0.6 is 0 Å². The highest BCUT2D eigenvalue weighted by molar-refractivity contribution is 5.82. The van der Waals surface area contributed by atoms with Crippen LogP contribution in [0.5, 0.6) is 0 Å². The molecule has 1 amide bonds. The summed E-state index contributed by atoms with van der Waals surface area (Å²) >= 11 is 0. The average Bonchev–Trinajstić information content (AvgIpc) is 2.83. The zero-order chi connectivity index (χ0) is 12.8. The highest BCUT2D eigenvalue weighted by atomic mass is 16.5. The molecule has 1 rings (SSSR count). The van der Waals surface area contributed by atoms with Crippen molar-refractivity contribution >= 4 is 5.91 Å². The van der Waals surface area contributed by atoms with E-state index in [-0.39, 0.29) is 24.0 Å². The lowest BCUT2D eigenvalue weighted by Gasteiger charge is -2.25. The lowest BCUT2D eigenvalue weighted by Crippen LogP contribution is -2.45.